The first-order valence-electron chi connectivity index (χ1n) is 9.50. The number of aryl methyl sites for hydroxylation is 1. The number of fused-ring (bicyclic) bond motifs is 1. The minimum atomic E-state index is -0.320. The van der Waals surface area contributed by atoms with E-state index < -0.39 is 0 Å². The van der Waals surface area contributed by atoms with Gasteiger partial charge in [0, 0.05) is 23.6 Å². The molecule has 1 N–H and O–H groups in total. The van der Waals surface area contributed by atoms with Crippen molar-refractivity contribution in [1.29, 1.82) is 0 Å². The lowest BCUT2D eigenvalue weighted by atomic mass is 10.1. The third kappa shape index (κ3) is 4.02. The van der Waals surface area contributed by atoms with Gasteiger partial charge in [0.15, 0.2) is 5.82 Å². The number of anilines is 1. The second-order valence-corrected chi connectivity index (χ2v) is 7.50. The van der Waals surface area contributed by atoms with Crippen LogP contribution in [0.15, 0.2) is 36.4 Å². The summed E-state index contributed by atoms with van der Waals surface area (Å²) in [6.45, 7) is 2.00. The maximum absolute atomic E-state index is 12.9. The Bertz CT molecular complexity index is 1230. The van der Waals surface area contributed by atoms with Gasteiger partial charge in [0.1, 0.15) is 22.3 Å². The molecule has 9 nitrogen and oxygen atoms in total. The van der Waals surface area contributed by atoms with Crippen molar-refractivity contribution in [2.75, 3.05) is 26.6 Å². The maximum Gasteiger partial charge on any atom is 0.256 e. The van der Waals surface area contributed by atoms with Crippen molar-refractivity contribution in [3.63, 3.8) is 0 Å². The van der Waals surface area contributed by atoms with Crippen LogP contribution in [0.4, 0.5) is 5.69 Å². The average Bonchev–Trinajstić information content (AvgIpc) is 3.39. The van der Waals surface area contributed by atoms with E-state index >= 15 is 0 Å². The number of hydrogen-bond acceptors (Lipinski definition) is 8. The van der Waals surface area contributed by atoms with Gasteiger partial charge >= 0.3 is 0 Å². The van der Waals surface area contributed by atoms with E-state index in [1.165, 1.54) is 25.6 Å². The van der Waals surface area contributed by atoms with Gasteiger partial charge in [-0.25, -0.2) is 0 Å². The lowest BCUT2D eigenvalue weighted by molar-refractivity contribution is 0.102. The Morgan fingerprint density at radius 2 is 1.77 bits per heavy atom. The fraction of sp³-hybridized carbons (Fsp3) is 0.238. The van der Waals surface area contributed by atoms with Gasteiger partial charge in [-0.3, -0.25) is 4.79 Å². The highest BCUT2D eigenvalue weighted by Crippen LogP contribution is 2.33. The minimum absolute atomic E-state index is 0.320. The van der Waals surface area contributed by atoms with E-state index in [1.807, 2.05) is 19.1 Å². The molecule has 0 radical (unpaired) electrons. The van der Waals surface area contributed by atoms with Crippen LogP contribution in [0.3, 0.4) is 0 Å². The Kier molecular flexibility index (Phi) is 5.72. The standard InChI is InChI=1S/C21H21N5O4S/c1-5-18-23-24-21-26(18)25-20(31-21)12-6-7-17(30-4)16(10-12)22-19(27)13-8-14(28-2)11-15(9-13)29-3/h6-11H,5H2,1-4H3,(H,22,27). The van der Waals surface area contributed by atoms with Crippen molar-refractivity contribution in [3.05, 3.63) is 47.8 Å². The van der Waals surface area contributed by atoms with E-state index in [0.29, 0.717) is 28.5 Å². The van der Waals surface area contributed by atoms with Crippen LogP contribution in [-0.2, 0) is 6.42 Å². The number of aromatic nitrogens is 4. The number of rotatable bonds is 7. The second kappa shape index (κ2) is 8.60. The topological polar surface area (TPSA) is 99.9 Å². The maximum atomic E-state index is 12.9. The highest BCUT2D eigenvalue weighted by atomic mass is 32.1. The smallest absolute Gasteiger partial charge is 0.256 e. The third-order valence-electron chi connectivity index (χ3n) is 4.68. The number of carbonyl (C=O) groups is 1. The molecule has 1 amide bonds. The molecule has 160 valence electrons. The summed E-state index contributed by atoms with van der Waals surface area (Å²) in [4.78, 5) is 13.7. The van der Waals surface area contributed by atoms with Crippen LogP contribution in [0.25, 0.3) is 15.5 Å². The SMILES string of the molecule is CCc1nnc2sc(-c3ccc(OC)c(NC(=O)c4cc(OC)cc(OC)c4)c3)nn12. The van der Waals surface area contributed by atoms with Crippen molar-refractivity contribution in [3.8, 4) is 27.8 Å². The summed E-state index contributed by atoms with van der Waals surface area (Å²) in [5.41, 5.74) is 1.75. The molecule has 2 aromatic heterocycles. The van der Waals surface area contributed by atoms with E-state index in [0.717, 1.165) is 27.8 Å². The molecule has 2 heterocycles. The number of carbonyl (C=O) groups excluding carboxylic acids is 1. The zero-order valence-electron chi connectivity index (χ0n) is 17.5. The molecule has 0 aliphatic rings. The molecule has 0 saturated heterocycles. The van der Waals surface area contributed by atoms with Crippen LogP contribution >= 0.6 is 11.3 Å². The van der Waals surface area contributed by atoms with Crippen LogP contribution in [-0.4, -0.2) is 47.0 Å². The summed E-state index contributed by atoms with van der Waals surface area (Å²) >= 11 is 1.43. The van der Waals surface area contributed by atoms with Gasteiger partial charge in [-0.05, 0) is 30.3 Å². The Morgan fingerprint density at radius 3 is 2.42 bits per heavy atom. The largest absolute Gasteiger partial charge is 0.497 e. The van der Waals surface area contributed by atoms with E-state index in [9.17, 15) is 4.79 Å². The molecule has 0 saturated carbocycles. The predicted octanol–water partition coefficient (Wildman–Crippen LogP) is 3.69. The van der Waals surface area contributed by atoms with Gasteiger partial charge in [-0.1, -0.05) is 18.3 Å². The highest BCUT2D eigenvalue weighted by Gasteiger charge is 2.16. The number of benzene rings is 2. The summed E-state index contributed by atoms with van der Waals surface area (Å²) in [6, 6.07) is 10.5. The van der Waals surface area contributed by atoms with Crippen molar-refractivity contribution in [1.82, 2.24) is 19.8 Å². The summed E-state index contributed by atoms with van der Waals surface area (Å²) < 4.78 is 17.7. The molecule has 0 aliphatic carbocycles. The molecule has 4 aromatic rings. The minimum Gasteiger partial charge on any atom is -0.497 e. The molecule has 0 atom stereocenters. The summed E-state index contributed by atoms with van der Waals surface area (Å²) in [6.07, 6.45) is 0.734. The van der Waals surface area contributed by atoms with Gasteiger partial charge in [0.05, 0.1) is 27.0 Å². The zero-order chi connectivity index (χ0) is 22.0. The Hall–Kier alpha value is -3.66. The first-order chi connectivity index (χ1) is 15.1. The monoisotopic (exact) mass is 439 g/mol. The number of methoxy groups -OCH3 is 3. The Balaban J connectivity index is 1.67. The molecule has 0 fully saturated rings. The first kappa shape index (κ1) is 20.6. The van der Waals surface area contributed by atoms with Crippen LogP contribution in [0, 0.1) is 0 Å². The third-order valence-corrected chi connectivity index (χ3v) is 5.63. The molecule has 0 bridgehead atoms. The van der Waals surface area contributed by atoms with Crippen LogP contribution in [0.2, 0.25) is 0 Å². The number of nitrogens with one attached hydrogen (secondary N) is 1. The van der Waals surface area contributed by atoms with Gasteiger partial charge in [0.2, 0.25) is 4.96 Å². The fourth-order valence-electron chi connectivity index (χ4n) is 3.07. The number of nitrogens with zero attached hydrogens (tertiary/aromatic N) is 4. The van der Waals surface area contributed by atoms with Gasteiger partial charge in [-0.15, -0.1) is 10.2 Å². The summed E-state index contributed by atoms with van der Waals surface area (Å²) in [7, 11) is 4.62. The Labute approximate surface area is 182 Å². The van der Waals surface area contributed by atoms with Crippen LogP contribution in [0.5, 0.6) is 17.2 Å². The molecule has 4 rings (SSSR count). The first-order valence-corrected chi connectivity index (χ1v) is 10.3. The van der Waals surface area contributed by atoms with Gasteiger partial charge in [-0.2, -0.15) is 9.61 Å². The number of hydrogen-bond donors (Lipinski definition) is 1. The number of amides is 1. The molecular weight excluding hydrogens is 418 g/mol. The summed E-state index contributed by atoms with van der Waals surface area (Å²) in [5.74, 6) is 2.06. The van der Waals surface area contributed by atoms with E-state index in [4.69, 9.17) is 14.2 Å². The van der Waals surface area contributed by atoms with E-state index in [-0.39, 0.29) is 5.91 Å². The second-order valence-electron chi connectivity index (χ2n) is 6.54. The quantitative estimate of drug-likeness (QED) is 0.469. The lowest BCUT2D eigenvalue weighted by Crippen LogP contribution is -2.13. The van der Waals surface area contributed by atoms with Crippen molar-refractivity contribution in [2.24, 2.45) is 0 Å². The highest BCUT2D eigenvalue weighted by molar-refractivity contribution is 7.19. The lowest BCUT2D eigenvalue weighted by Gasteiger charge is -2.13. The molecule has 10 heteroatoms. The van der Waals surface area contributed by atoms with Crippen molar-refractivity contribution >= 4 is 27.9 Å². The van der Waals surface area contributed by atoms with Crippen LogP contribution < -0.4 is 19.5 Å². The van der Waals surface area contributed by atoms with E-state index in [2.05, 4.69) is 20.6 Å². The molecular formula is C21H21N5O4S. The Morgan fingerprint density at radius 1 is 1.03 bits per heavy atom. The zero-order valence-corrected chi connectivity index (χ0v) is 18.3. The summed E-state index contributed by atoms with van der Waals surface area (Å²) in [5, 5.41) is 16.6. The normalized spacial score (nSPS) is 10.8. The molecule has 0 unspecified atom stereocenters. The molecule has 31 heavy (non-hydrogen) atoms. The molecule has 0 aliphatic heterocycles. The fourth-order valence-corrected chi connectivity index (χ4v) is 3.92. The van der Waals surface area contributed by atoms with Gasteiger partial charge in [0.25, 0.3) is 5.91 Å². The molecule has 0 spiro atoms. The average molecular weight is 439 g/mol. The molecule has 2 aromatic carbocycles. The van der Waals surface area contributed by atoms with Crippen LogP contribution in [0.1, 0.15) is 23.1 Å². The van der Waals surface area contributed by atoms with Crippen molar-refractivity contribution in [2.45, 2.75) is 13.3 Å². The number of ether oxygens (including phenoxy) is 3. The van der Waals surface area contributed by atoms with E-state index in [1.54, 1.807) is 35.9 Å². The van der Waals surface area contributed by atoms with Gasteiger partial charge < -0.3 is 19.5 Å². The van der Waals surface area contributed by atoms with Crippen molar-refractivity contribution < 1.29 is 19.0 Å². The predicted molar refractivity (Wildman–Crippen MR) is 118 cm³/mol.